The second-order valence-electron chi connectivity index (χ2n) is 14.4. The fraction of sp³-hybridized carbons (Fsp3) is 0.722. The number of aromatic nitrogens is 1. The van der Waals surface area contributed by atoms with Gasteiger partial charge in [0.15, 0.2) is 0 Å². The first-order chi connectivity index (χ1) is 20.8. The second-order valence-corrected chi connectivity index (χ2v) is 14.4. The third-order valence-corrected chi connectivity index (χ3v) is 9.64. The lowest BCUT2D eigenvalue weighted by Gasteiger charge is -2.33. The first-order valence-corrected chi connectivity index (χ1v) is 16.9. The molecule has 8 heteroatoms. The molecule has 2 amide bonds. The average Bonchev–Trinajstić information content (AvgIpc) is 3.75. The van der Waals surface area contributed by atoms with Gasteiger partial charge in [0.25, 0.3) is 0 Å². The molecule has 1 aliphatic rings. The van der Waals surface area contributed by atoms with Crippen molar-refractivity contribution in [1.29, 1.82) is 0 Å². The summed E-state index contributed by atoms with van der Waals surface area (Å²) >= 11 is 0. The minimum absolute atomic E-state index is 0.00668. The molecule has 1 aromatic carbocycles. The highest BCUT2D eigenvalue weighted by molar-refractivity contribution is 5.85. The lowest BCUT2D eigenvalue weighted by Crippen LogP contribution is -2.53. The molecular weight excluding hydrogens is 552 g/mol. The molecule has 2 aromatic rings. The summed E-state index contributed by atoms with van der Waals surface area (Å²) in [5, 5.41) is 19.2. The van der Waals surface area contributed by atoms with Crippen LogP contribution in [0.4, 0.5) is 0 Å². The van der Waals surface area contributed by atoms with E-state index in [1.807, 2.05) is 27.7 Å². The number of aliphatic hydroxyl groups excluding tert-OH is 1. The maximum atomic E-state index is 13.2. The number of carbonyl (C=O) groups is 2. The van der Waals surface area contributed by atoms with Crippen molar-refractivity contribution >= 4 is 22.7 Å². The summed E-state index contributed by atoms with van der Waals surface area (Å²) in [7, 11) is 3.83. The Kier molecular flexibility index (Phi) is 13.7. The molecule has 0 saturated heterocycles. The normalized spacial score (nSPS) is 17.2. The minimum atomic E-state index is -0.873. The van der Waals surface area contributed by atoms with E-state index in [0.29, 0.717) is 31.2 Å². The summed E-state index contributed by atoms with van der Waals surface area (Å²) in [6.45, 7) is 13.7. The number of amides is 2. The standard InChI is InChI=1S/C36H60N4O4/c1-22(2)28(16-26-13-14-32-30(17-26)27(21-40(32)7)10-9-15-44-8)18-31(39-36(43)34(37)24(5)6)33(41)19-29(23(3)4)35(42)38-20-25-11-12-25/h13-14,17,21-25,28-29,31,33-34,41H,9-12,15-16,18-20,37H2,1-8H3,(H,38,42)(H,39,43)/t28-,29-,31-,33-,34-/m0/s1. The molecule has 3 rings (SSSR count). The van der Waals surface area contributed by atoms with Gasteiger partial charge in [-0.2, -0.15) is 0 Å². The maximum absolute atomic E-state index is 13.2. The Balaban J connectivity index is 1.82. The Morgan fingerprint density at radius 3 is 2.34 bits per heavy atom. The predicted octanol–water partition coefficient (Wildman–Crippen LogP) is 4.98. The number of aliphatic hydroxyl groups is 1. The number of nitrogens with zero attached hydrogens (tertiary/aromatic N) is 1. The number of nitrogens with one attached hydrogen (secondary N) is 2. The molecule has 0 bridgehead atoms. The van der Waals surface area contributed by atoms with E-state index in [4.69, 9.17) is 10.5 Å². The molecule has 0 spiro atoms. The highest BCUT2D eigenvalue weighted by atomic mass is 16.5. The zero-order chi connectivity index (χ0) is 32.6. The van der Waals surface area contributed by atoms with Crippen LogP contribution in [0.1, 0.15) is 84.8 Å². The number of hydrogen-bond donors (Lipinski definition) is 4. The average molecular weight is 613 g/mol. The molecule has 1 aliphatic carbocycles. The van der Waals surface area contributed by atoms with Crippen molar-refractivity contribution in [2.24, 2.45) is 48.3 Å². The van der Waals surface area contributed by atoms with Gasteiger partial charge in [-0.15, -0.1) is 0 Å². The lowest BCUT2D eigenvalue weighted by atomic mass is 9.80. The van der Waals surface area contributed by atoms with Crippen LogP contribution in [-0.2, 0) is 34.2 Å². The van der Waals surface area contributed by atoms with E-state index >= 15 is 0 Å². The summed E-state index contributed by atoms with van der Waals surface area (Å²) in [5.41, 5.74) is 10.0. The number of benzene rings is 1. The molecule has 8 nitrogen and oxygen atoms in total. The van der Waals surface area contributed by atoms with E-state index in [2.05, 4.69) is 60.5 Å². The van der Waals surface area contributed by atoms with Gasteiger partial charge in [0, 0.05) is 50.3 Å². The Hall–Kier alpha value is -2.42. The molecule has 1 fully saturated rings. The van der Waals surface area contributed by atoms with Crippen LogP contribution in [0, 0.1) is 35.5 Å². The fourth-order valence-corrected chi connectivity index (χ4v) is 6.17. The van der Waals surface area contributed by atoms with Gasteiger partial charge in [-0.25, -0.2) is 0 Å². The van der Waals surface area contributed by atoms with Crippen LogP contribution in [0.3, 0.4) is 0 Å². The number of hydrogen-bond acceptors (Lipinski definition) is 5. The highest BCUT2D eigenvalue weighted by Gasteiger charge is 2.34. The SMILES string of the molecule is COCCCc1cn(C)c2ccc(C[C@@H](C[C@H](NC(=O)[C@@H](N)C(C)C)[C@@H](O)C[C@H](C(=O)NCC3CC3)C(C)C)C(C)C)cc12. The van der Waals surface area contributed by atoms with Crippen LogP contribution in [0.5, 0.6) is 0 Å². The van der Waals surface area contributed by atoms with Crippen molar-refractivity contribution in [3.05, 3.63) is 35.5 Å². The predicted molar refractivity (Wildman–Crippen MR) is 179 cm³/mol. The van der Waals surface area contributed by atoms with Crippen LogP contribution < -0.4 is 16.4 Å². The topological polar surface area (TPSA) is 119 Å². The van der Waals surface area contributed by atoms with Crippen LogP contribution in [-0.4, -0.2) is 59.9 Å². The number of ether oxygens (including phenoxy) is 1. The van der Waals surface area contributed by atoms with Gasteiger partial charge in [-0.05, 0) is 97.8 Å². The molecule has 1 saturated carbocycles. The van der Waals surface area contributed by atoms with E-state index < -0.39 is 18.2 Å². The van der Waals surface area contributed by atoms with E-state index in [0.717, 1.165) is 25.9 Å². The number of aryl methyl sites for hydroxylation is 2. The van der Waals surface area contributed by atoms with Crippen molar-refractivity contribution in [2.45, 2.75) is 105 Å². The molecule has 248 valence electrons. The third kappa shape index (κ3) is 10.3. The van der Waals surface area contributed by atoms with Gasteiger partial charge >= 0.3 is 0 Å². The van der Waals surface area contributed by atoms with Crippen LogP contribution in [0.25, 0.3) is 10.9 Å². The van der Waals surface area contributed by atoms with E-state index in [1.165, 1.54) is 34.9 Å². The highest BCUT2D eigenvalue weighted by Crippen LogP contribution is 2.30. The maximum Gasteiger partial charge on any atom is 0.237 e. The Bertz CT molecular complexity index is 1200. The van der Waals surface area contributed by atoms with Crippen molar-refractivity contribution in [3.63, 3.8) is 0 Å². The van der Waals surface area contributed by atoms with Crippen molar-refractivity contribution < 1.29 is 19.4 Å². The van der Waals surface area contributed by atoms with E-state index in [-0.39, 0.29) is 35.5 Å². The third-order valence-electron chi connectivity index (χ3n) is 9.64. The van der Waals surface area contributed by atoms with Crippen LogP contribution in [0.15, 0.2) is 24.4 Å². The Morgan fingerprint density at radius 2 is 1.75 bits per heavy atom. The number of rotatable bonds is 19. The van der Waals surface area contributed by atoms with Gasteiger partial charge in [0.1, 0.15) is 0 Å². The van der Waals surface area contributed by atoms with Crippen LogP contribution in [0.2, 0.25) is 0 Å². The summed E-state index contributed by atoms with van der Waals surface area (Å²) in [5.74, 6) is 0.544. The summed E-state index contributed by atoms with van der Waals surface area (Å²) in [6, 6.07) is 5.54. The largest absolute Gasteiger partial charge is 0.391 e. The zero-order valence-corrected chi connectivity index (χ0v) is 28.6. The smallest absolute Gasteiger partial charge is 0.237 e. The fourth-order valence-electron chi connectivity index (χ4n) is 6.17. The number of methoxy groups -OCH3 is 1. The first kappa shape index (κ1) is 36.1. The molecule has 5 N–H and O–H groups in total. The molecule has 1 heterocycles. The van der Waals surface area contributed by atoms with Crippen molar-refractivity contribution in [3.8, 4) is 0 Å². The number of nitrogens with two attached hydrogens (primary N) is 1. The monoisotopic (exact) mass is 612 g/mol. The molecular formula is C36H60N4O4. The quantitative estimate of drug-likeness (QED) is 0.167. The molecule has 0 radical (unpaired) electrons. The molecule has 1 aromatic heterocycles. The Labute approximate surface area is 265 Å². The van der Waals surface area contributed by atoms with E-state index in [1.54, 1.807) is 7.11 Å². The molecule has 44 heavy (non-hydrogen) atoms. The first-order valence-electron chi connectivity index (χ1n) is 16.9. The summed E-state index contributed by atoms with van der Waals surface area (Å²) in [4.78, 5) is 26.4. The Morgan fingerprint density at radius 1 is 1.05 bits per heavy atom. The van der Waals surface area contributed by atoms with Gasteiger partial charge in [0.05, 0.1) is 18.2 Å². The molecule has 0 aliphatic heterocycles. The van der Waals surface area contributed by atoms with Crippen LogP contribution >= 0.6 is 0 Å². The van der Waals surface area contributed by atoms with Gasteiger partial charge < -0.3 is 30.8 Å². The molecule has 0 unspecified atom stereocenters. The van der Waals surface area contributed by atoms with Gasteiger partial charge in [-0.1, -0.05) is 47.6 Å². The molecule has 5 atom stereocenters. The zero-order valence-electron chi connectivity index (χ0n) is 28.6. The van der Waals surface area contributed by atoms with Crippen molar-refractivity contribution in [1.82, 2.24) is 15.2 Å². The van der Waals surface area contributed by atoms with Crippen molar-refractivity contribution in [2.75, 3.05) is 20.3 Å². The minimum Gasteiger partial charge on any atom is -0.391 e. The number of carbonyl (C=O) groups excluding carboxylic acids is 2. The van der Waals surface area contributed by atoms with Gasteiger partial charge in [0.2, 0.25) is 11.8 Å². The number of fused-ring (bicyclic) bond motifs is 1. The summed E-state index contributed by atoms with van der Waals surface area (Å²) in [6.07, 6.45) is 7.33. The lowest BCUT2D eigenvalue weighted by molar-refractivity contribution is -0.128. The summed E-state index contributed by atoms with van der Waals surface area (Å²) < 4.78 is 7.47. The second kappa shape index (κ2) is 16.8. The van der Waals surface area contributed by atoms with Gasteiger partial charge in [-0.3, -0.25) is 9.59 Å². The van der Waals surface area contributed by atoms with E-state index in [9.17, 15) is 14.7 Å².